The molecule has 0 amide bonds. The highest BCUT2D eigenvalue weighted by atomic mass is 16.6. The summed E-state index contributed by atoms with van der Waals surface area (Å²) in [4.78, 5) is 17.8. The van der Waals surface area contributed by atoms with Gasteiger partial charge in [-0.25, -0.2) is 4.98 Å². The van der Waals surface area contributed by atoms with Crippen LogP contribution in [0.4, 0.5) is 17.5 Å². The molecule has 1 aromatic heterocycles. The standard InChI is InChI=1S/C10H17N5O2/c1-4-6(2)7(3)13-9-8(15(16)17)5-12-10(11)14-9/h5-7H,4H2,1-3H3,(H3,11,12,13,14). The zero-order valence-electron chi connectivity index (χ0n) is 10.2. The fourth-order valence-corrected chi connectivity index (χ4v) is 1.34. The minimum atomic E-state index is -0.523. The maximum Gasteiger partial charge on any atom is 0.329 e. The average Bonchev–Trinajstić information content (AvgIpc) is 2.27. The third-order valence-corrected chi connectivity index (χ3v) is 2.85. The second kappa shape index (κ2) is 5.42. The summed E-state index contributed by atoms with van der Waals surface area (Å²) in [6.45, 7) is 6.08. The first-order valence-corrected chi connectivity index (χ1v) is 5.49. The summed E-state index contributed by atoms with van der Waals surface area (Å²) < 4.78 is 0. The molecule has 94 valence electrons. The molecule has 7 heteroatoms. The molecule has 0 saturated carbocycles. The maximum atomic E-state index is 10.8. The van der Waals surface area contributed by atoms with Crippen LogP contribution in [0.25, 0.3) is 0 Å². The summed E-state index contributed by atoms with van der Waals surface area (Å²) in [6.07, 6.45) is 2.09. The van der Waals surface area contributed by atoms with Gasteiger partial charge in [-0.2, -0.15) is 4.98 Å². The summed E-state index contributed by atoms with van der Waals surface area (Å²) in [6, 6.07) is 0.0769. The van der Waals surface area contributed by atoms with Gasteiger partial charge < -0.3 is 11.1 Å². The molecular weight excluding hydrogens is 222 g/mol. The van der Waals surface area contributed by atoms with Crippen LogP contribution in [0.5, 0.6) is 0 Å². The topological polar surface area (TPSA) is 107 Å². The van der Waals surface area contributed by atoms with Crippen molar-refractivity contribution >= 4 is 17.5 Å². The fourth-order valence-electron chi connectivity index (χ4n) is 1.34. The molecule has 0 radical (unpaired) electrons. The number of nitro groups is 1. The lowest BCUT2D eigenvalue weighted by molar-refractivity contribution is -0.384. The first-order chi connectivity index (χ1) is 7.95. The SMILES string of the molecule is CCC(C)C(C)Nc1nc(N)ncc1[N+](=O)[O-]. The van der Waals surface area contributed by atoms with E-state index in [1.165, 1.54) is 0 Å². The number of nitrogens with one attached hydrogen (secondary N) is 1. The van der Waals surface area contributed by atoms with Crippen LogP contribution in [0.1, 0.15) is 27.2 Å². The van der Waals surface area contributed by atoms with Crippen LogP contribution in [-0.4, -0.2) is 20.9 Å². The molecule has 1 aromatic rings. The highest BCUT2D eigenvalue weighted by Gasteiger charge is 2.20. The van der Waals surface area contributed by atoms with E-state index in [0.29, 0.717) is 5.92 Å². The zero-order valence-corrected chi connectivity index (χ0v) is 10.2. The van der Waals surface area contributed by atoms with Crippen molar-refractivity contribution in [2.45, 2.75) is 33.2 Å². The van der Waals surface area contributed by atoms with Gasteiger partial charge in [0.1, 0.15) is 6.20 Å². The zero-order chi connectivity index (χ0) is 13.0. The first-order valence-electron chi connectivity index (χ1n) is 5.49. The molecule has 0 bridgehead atoms. The first kappa shape index (κ1) is 13.1. The van der Waals surface area contributed by atoms with E-state index >= 15 is 0 Å². The number of nitrogens with two attached hydrogens (primary N) is 1. The molecule has 2 atom stereocenters. The van der Waals surface area contributed by atoms with Crippen LogP contribution in [0, 0.1) is 16.0 Å². The molecule has 0 fully saturated rings. The lowest BCUT2D eigenvalue weighted by Gasteiger charge is -2.20. The molecule has 1 rings (SSSR count). The van der Waals surface area contributed by atoms with E-state index in [0.717, 1.165) is 12.6 Å². The molecular formula is C10H17N5O2. The van der Waals surface area contributed by atoms with Gasteiger partial charge in [0.25, 0.3) is 0 Å². The molecule has 0 aliphatic rings. The second-order valence-corrected chi connectivity index (χ2v) is 4.04. The fraction of sp³-hybridized carbons (Fsp3) is 0.600. The van der Waals surface area contributed by atoms with Gasteiger partial charge >= 0.3 is 5.69 Å². The van der Waals surface area contributed by atoms with E-state index in [9.17, 15) is 10.1 Å². The van der Waals surface area contributed by atoms with Crippen molar-refractivity contribution in [1.82, 2.24) is 9.97 Å². The lowest BCUT2D eigenvalue weighted by Crippen LogP contribution is -2.24. The van der Waals surface area contributed by atoms with Gasteiger partial charge in [-0.05, 0) is 12.8 Å². The monoisotopic (exact) mass is 239 g/mol. The van der Waals surface area contributed by atoms with Crippen molar-refractivity contribution in [3.63, 3.8) is 0 Å². The van der Waals surface area contributed by atoms with E-state index in [1.807, 2.05) is 6.92 Å². The van der Waals surface area contributed by atoms with Gasteiger partial charge in [0.15, 0.2) is 0 Å². The average molecular weight is 239 g/mol. The molecule has 0 spiro atoms. The number of hydrogen-bond donors (Lipinski definition) is 2. The molecule has 2 unspecified atom stereocenters. The third kappa shape index (κ3) is 3.27. The lowest BCUT2D eigenvalue weighted by atomic mass is 10.0. The minimum Gasteiger partial charge on any atom is -0.368 e. The Labute approximate surface area is 99.6 Å². The predicted molar refractivity (Wildman–Crippen MR) is 65.6 cm³/mol. The van der Waals surface area contributed by atoms with Crippen LogP contribution in [-0.2, 0) is 0 Å². The summed E-state index contributed by atoms with van der Waals surface area (Å²) in [7, 11) is 0. The normalized spacial score (nSPS) is 14.1. The number of nitrogen functional groups attached to an aromatic ring is 1. The Kier molecular flexibility index (Phi) is 4.19. The van der Waals surface area contributed by atoms with Crippen molar-refractivity contribution in [3.05, 3.63) is 16.3 Å². The number of hydrogen-bond acceptors (Lipinski definition) is 6. The molecule has 0 aliphatic carbocycles. The summed E-state index contributed by atoms with van der Waals surface area (Å²) in [5.41, 5.74) is 5.27. The van der Waals surface area contributed by atoms with Crippen LogP contribution in [0.3, 0.4) is 0 Å². The summed E-state index contributed by atoms with van der Waals surface area (Å²) in [5.74, 6) is 0.579. The molecule has 3 N–H and O–H groups in total. The molecule has 0 saturated heterocycles. The van der Waals surface area contributed by atoms with Crippen molar-refractivity contribution in [2.75, 3.05) is 11.1 Å². The van der Waals surface area contributed by atoms with Gasteiger partial charge in [-0.1, -0.05) is 20.3 Å². The molecule has 7 nitrogen and oxygen atoms in total. The highest BCUT2D eigenvalue weighted by Crippen LogP contribution is 2.23. The minimum absolute atomic E-state index is 0.0226. The number of anilines is 2. The van der Waals surface area contributed by atoms with E-state index in [-0.39, 0.29) is 23.5 Å². The Morgan fingerprint density at radius 2 is 2.24 bits per heavy atom. The van der Waals surface area contributed by atoms with Crippen molar-refractivity contribution in [2.24, 2.45) is 5.92 Å². The van der Waals surface area contributed by atoms with Crippen LogP contribution >= 0.6 is 0 Å². The number of rotatable bonds is 5. The number of aromatic nitrogens is 2. The van der Waals surface area contributed by atoms with Gasteiger partial charge in [-0.15, -0.1) is 0 Å². The number of nitrogens with zero attached hydrogens (tertiary/aromatic N) is 3. The summed E-state index contributed by atoms with van der Waals surface area (Å²) >= 11 is 0. The van der Waals surface area contributed by atoms with Crippen molar-refractivity contribution in [1.29, 1.82) is 0 Å². The Morgan fingerprint density at radius 1 is 1.59 bits per heavy atom. The quantitative estimate of drug-likeness (QED) is 0.599. The molecule has 17 heavy (non-hydrogen) atoms. The largest absolute Gasteiger partial charge is 0.368 e. The Morgan fingerprint density at radius 3 is 2.76 bits per heavy atom. The molecule has 0 aromatic carbocycles. The van der Waals surface area contributed by atoms with Gasteiger partial charge in [-0.3, -0.25) is 10.1 Å². The van der Waals surface area contributed by atoms with Gasteiger partial charge in [0.05, 0.1) is 4.92 Å². The van der Waals surface area contributed by atoms with Crippen molar-refractivity contribution < 1.29 is 4.92 Å². The Balaban J connectivity index is 2.96. The van der Waals surface area contributed by atoms with Gasteiger partial charge in [0, 0.05) is 6.04 Å². The Bertz CT molecular complexity index is 410. The van der Waals surface area contributed by atoms with Crippen molar-refractivity contribution in [3.8, 4) is 0 Å². The molecule has 1 heterocycles. The van der Waals surface area contributed by atoms with E-state index < -0.39 is 4.92 Å². The van der Waals surface area contributed by atoms with Gasteiger partial charge in [0.2, 0.25) is 11.8 Å². The molecule has 0 aliphatic heterocycles. The van der Waals surface area contributed by atoms with Crippen LogP contribution in [0.15, 0.2) is 6.20 Å². The maximum absolute atomic E-state index is 10.8. The third-order valence-electron chi connectivity index (χ3n) is 2.85. The van der Waals surface area contributed by atoms with E-state index in [2.05, 4.69) is 29.1 Å². The second-order valence-electron chi connectivity index (χ2n) is 4.04. The smallest absolute Gasteiger partial charge is 0.329 e. The van der Waals surface area contributed by atoms with E-state index in [1.54, 1.807) is 0 Å². The van der Waals surface area contributed by atoms with Crippen LogP contribution < -0.4 is 11.1 Å². The highest BCUT2D eigenvalue weighted by molar-refractivity contribution is 5.56. The predicted octanol–water partition coefficient (Wildman–Crippen LogP) is 1.81. The van der Waals surface area contributed by atoms with E-state index in [4.69, 9.17) is 5.73 Å². The summed E-state index contributed by atoms with van der Waals surface area (Å²) in [5, 5.41) is 13.8. The van der Waals surface area contributed by atoms with Crippen LogP contribution in [0.2, 0.25) is 0 Å². The Hall–Kier alpha value is -1.92.